The molecule has 1 aromatic rings. The van der Waals surface area contributed by atoms with E-state index in [0.29, 0.717) is 34.0 Å². The van der Waals surface area contributed by atoms with Crippen LogP contribution >= 0.6 is 15.9 Å². The van der Waals surface area contributed by atoms with Crippen LogP contribution in [0, 0.1) is 11.8 Å². The summed E-state index contributed by atoms with van der Waals surface area (Å²) in [6.07, 6.45) is 6.20. The van der Waals surface area contributed by atoms with E-state index >= 15 is 0 Å². The molecule has 2 fully saturated rings. The van der Waals surface area contributed by atoms with E-state index < -0.39 is 5.91 Å². The summed E-state index contributed by atoms with van der Waals surface area (Å²) in [4.78, 5) is 18.3. The first-order valence-electron chi connectivity index (χ1n) is 11.7. The van der Waals surface area contributed by atoms with Crippen molar-refractivity contribution in [2.24, 2.45) is 17.6 Å². The number of halogens is 1. The molecule has 3 heterocycles. The van der Waals surface area contributed by atoms with E-state index in [1.807, 2.05) is 0 Å². The summed E-state index contributed by atoms with van der Waals surface area (Å²) in [6, 6.07) is 3.45. The van der Waals surface area contributed by atoms with Crippen LogP contribution in [0.15, 0.2) is 16.7 Å². The third-order valence-corrected chi connectivity index (χ3v) is 6.97. The normalized spacial score (nSPS) is 23.7. The predicted molar refractivity (Wildman–Crippen MR) is 133 cm³/mol. The van der Waals surface area contributed by atoms with Crippen molar-refractivity contribution in [2.45, 2.75) is 77.3 Å². The molecule has 2 saturated heterocycles. The SMILES string of the molecule is CC1(C)C[C@H](CCCO)CN1.CC1(C)C[C@H](CCCO)CN1c1nc(Br)ccc1C(N)=O. The van der Waals surface area contributed by atoms with Gasteiger partial charge < -0.3 is 26.2 Å². The number of pyridine rings is 1. The van der Waals surface area contributed by atoms with Gasteiger partial charge in [-0.1, -0.05) is 0 Å². The molecule has 0 bridgehead atoms. The number of hydrogen-bond acceptors (Lipinski definition) is 6. The van der Waals surface area contributed by atoms with Crippen LogP contribution in [-0.4, -0.2) is 58.5 Å². The van der Waals surface area contributed by atoms with Gasteiger partial charge in [-0.05, 0) is 113 Å². The van der Waals surface area contributed by atoms with Gasteiger partial charge in [0.05, 0.1) is 5.56 Å². The van der Waals surface area contributed by atoms with E-state index in [0.717, 1.165) is 44.7 Å². The molecule has 32 heavy (non-hydrogen) atoms. The maximum atomic E-state index is 11.7. The number of aromatic nitrogens is 1. The molecule has 0 saturated carbocycles. The van der Waals surface area contributed by atoms with Crippen molar-refractivity contribution in [2.75, 3.05) is 31.2 Å². The van der Waals surface area contributed by atoms with Crippen LogP contribution in [-0.2, 0) is 0 Å². The van der Waals surface area contributed by atoms with E-state index in [2.05, 4.69) is 58.8 Å². The highest BCUT2D eigenvalue weighted by molar-refractivity contribution is 9.10. The molecule has 5 N–H and O–H groups in total. The molecule has 2 atom stereocenters. The molecule has 1 aromatic heterocycles. The van der Waals surface area contributed by atoms with Crippen molar-refractivity contribution >= 4 is 27.7 Å². The third-order valence-electron chi connectivity index (χ3n) is 6.53. The van der Waals surface area contributed by atoms with Gasteiger partial charge in [-0.3, -0.25) is 4.79 Å². The number of aliphatic hydroxyl groups excluding tert-OH is 2. The Bertz CT molecular complexity index is 757. The number of carbonyl (C=O) groups excluding carboxylic acids is 1. The minimum absolute atomic E-state index is 0.0852. The summed E-state index contributed by atoms with van der Waals surface area (Å²) < 4.78 is 0.692. The van der Waals surface area contributed by atoms with E-state index in [1.165, 1.54) is 12.8 Å². The molecule has 0 aromatic carbocycles. The zero-order valence-corrected chi connectivity index (χ0v) is 21.6. The van der Waals surface area contributed by atoms with Gasteiger partial charge in [0.25, 0.3) is 5.91 Å². The number of nitrogens with zero attached hydrogens (tertiary/aromatic N) is 2. The van der Waals surface area contributed by atoms with Crippen LogP contribution in [0.25, 0.3) is 0 Å². The highest BCUT2D eigenvalue weighted by atomic mass is 79.9. The molecule has 2 aliphatic rings. The Morgan fingerprint density at radius 2 is 1.78 bits per heavy atom. The largest absolute Gasteiger partial charge is 0.396 e. The number of aliphatic hydroxyl groups is 2. The van der Waals surface area contributed by atoms with E-state index in [4.69, 9.17) is 15.9 Å². The van der Waals surface area contributed by atoms with Crippen molar-refractivity contribution < 1.29 is 15.0 Å². The molecule has 0 aliphatic carbocycles. The van der Waals surface area contributed by atoms with Crippen molar-refractivity contribution in [3.63, 3.8) is 0 Å². The number of nitrogens with two attached hydrogens (primary N) is 1. The van der Waals surface area contributed by atoms with Gasteiger partial charge in [0.15, 0.2) is 0 Å². The molecule has 3 rings (SSSR count). The fourth-order valence-corrected chi connectivity index (χ4v) is 5.33. The Morgan fingerprint density at radius 3 is 2.31 bits per heavy atom. The lowest BCUT2D eigenvalue weighted by molar-refractivity contribution is 0.100. The number of primary amides is 1. The van der Waals surface area contributed by atoms with Gasteiger partial charge in [0, 0.05) is 30.8 Å². The third kappa shape index (κ3) is 7.68. The Morgan fingerprint density at radius 1 is 1.16 bits per heavy atom. The van der Waals surface area contributed by atoms with E-state index in [1.54, 1.807) is 12.1 Å². The Kier molecular flexibility index (Phi) is 9.94. The van der Waals surface area contributed by atoms with Gasteiger partial charge in [0.2, 0.25) is 0 Å². The topological polar surface area (TPSA) is 112 Å². The van der Waals surface area contributed by atoms with Gasteiger partial charge in [-0.15, -0.1) is 0 Å². The Labute approximate surface area is 201 Å². The average molecular weight is 514 g/mol. The first-order chi connectivity index (χ1) is 15.0. The summed E-state index contributed by atoms with van der Waals surface area (Å²) >= 11 is 3.36. The Hall–Kier alpha value is -1.22. The first kappa shape index (κ1) is 27.0. The number of hydrogen-bond donors (Lipinski definition) is 4. The van der Waals surface area contributed by atoms with Crippen LogP contribution in [0.5, 0.6) is 0 Å². The summed E-state index contributed by atoms with van der Waals surface area (Å²) in [5.74, 6) is 1.47. The van der Waals surface area contributed by atoms with Crippen LogP contribution in [0.1, 0.15) is 76.6 Å². The highest BCUT2D eigenvalue weighted by Gasteiger charge is 2.40. The fourth-order valence-electron chi connectivity index (χ4n) is 5.03. The van der Waals surface area contributed by atoms with Crippen molar-refractivity contribution in [1.29, 1.82) is 0 Å². The maximum absolute atomic E-state index is 11.7. The summed E-state index contributed by atoms with van der Waals surface area (Å²) in [5, 5.41) is 21.1. The lowest BCUT2D eigenvalue weighted by atomic mass is 9.93. The molecule has 2 aliphatic heterocycles. The lowest BCUT2D eigenvalue weighted by Gasteiger charge is -2.33. The molecule has 182 valence electrons. The second-order valence-electron chi connectivity index (χ2n) is 10.4. The van der Waals surface area contributed by atoms with Crippen molar-refractivity contribution in [3.05, 3.63) is 22.3 Å². The maximum Gasteiger partial charge on any atom is 0.252 e. The predicted octanol–water partition coefficient (Wildman–Crippen LogP) is 3.47. The van der Waals surface area contributed by atoms with Gasteiger partial charge in [0.1, 0.15) is 10.4 Å². The van der Waals surface area contributed by atoms with Crippen LogP contribution < -0.4 is 16.0 Å². The number of nitrogens with one attached hydrogen (secondary N) is 1. The van der Waals surface area contributed by atoms with Gasteiger partial charge in [-0.2, -0.15) is 0 Å². The minimum Gasteiger partial charge on any atom is -0.396 e. The molecule has 0 radical (unpaired) electrons. The van der Waals surface area contributed by atoms with Gasteiger partial charge in [-0.25, -0.2) is 4.98 Å². The number of anilines is 1. The highest BCUT2D eigenvalue weighted by Crippen LogP contribution is 2.39. The number of rotatable bonds is 8. The first-order valence-corrected chi connectivity index (χ1v) is 12.5. The molecular weight excluding hydrogens is 472 g/mol. The fraction of sp³-hybridized carbons (Fsp3) is 0.750. The zero-order chi connectivity index (χ0) is 23.9. The van der Waals surface area contributed by atoms with E-state index in [9.17, 15) is 4.79 Å². The summed E-state index contributed by atoms with van der Waals surface area (Å²) in [5.41, 5.74) is 6.18. The van der Waals surface area contributed by atoms with Crippen molar-refractivity contribution in [1.82, 2.24) is 10.3 Å². The second-order valence-corrected chi connectivity index (χ2v) is 11.2. The van der Waals surface area contributed by atoms with Crippen LogP contribution in [0.2, 0.25) is 0 Å². The number of carbonyl (C=O) groups is 1. The number of amides is 1. The molecule has 0 unspecified atom stereocenters. The van der Waals surface area contributed by atoms with Crippen LogP contribution in [0.3, 0.4) is 0 Å². The quantitative estimate of drug-likeness (QED) is 0.396. The average Bonchev–Trinajstić information content (AvgIpc) is 3.22. The van der Waals surface area contributed by atoms with Crippen molar-refractivity contribution in [3.8, 4) is 0 Å². The monoisotopic (exact) mass is 512 g/mol. The molecule has 7 nitrogen and oxygen atoms in total. The Balaban J connectivity index is 0.000000278. The molecule has 0 spiro atoms. The minimum atomic E-state index is -0.459. The summed E-state index contributed by atoms with van der Waals surface area (Å²) in [7, 11) is 0. The smallest absolute Gasteiger partial charge is 0.252 e. The van der Waals surface area contributed by atoms with Crippen LogP contribution in [0.4, 0.5) is 5.82 Å². The lowest BCUT2D eigenvalue weighted by Crippen LogP contribution is -2.40. The second kappa shape index (κ2) is 11.8. The molecule has 8 heteroatoms. The van der Waals surface area contributed by atoms with Gasteiger partial charge >= 0.3 is 0 Å². The summed E-state index contributed by atoms with van der Waals surface area (Å²) in [6.45, 7) is 11.3. The molecule has 1 amide bonds. The van der Waals surface area contributed by atoms with E-state index in [-0.39, 0.29) is 12.1 Å². The molecular formula is C24H41BrN4O3. The zero-order valence-electron chi connectivity index (χ0n) is 20.0. The standard InChI is InChI=1S/C15H22BrN3O2.C9H19NO/c1-15(2)8-10(4-3-7-20)9-19(15)14-11(13(17)21)5-6-12(16)18-14;1-9(2)6-8(7-10-9)4-3-5-11/h5-6,10,20H,3-4,7-9H2,1-2H3,(H2,17,21);8,10-11H,3-7H2,1-2H3/t10-;8-/m00/s1.